The van der Waals surface area contributed by atoms with E-state index < -0.39 is 6.04 Å². The van der Waals surface area contributed by atoms with Gasteiger partial charge >= 0.3 is 0 Å². The van der Waals surface area contributed by atoms with Crippen LogP contribution in [0.2, 0.25) is 0 Å². The lowest BCUT2D eigenvalue weighted by Crippen LogP contribution is -2.48. The van der Waals surface area contributed by atoms with Crippen LogP contribution >= 0.6 is 6.04 Å². The second kappa shape index (κ2) is 7.48. The number of benzene rings is 6. The van der Waals surface area contributed by atoms with Crippen LogP contribution in [0.5, 0.6) is 23.0 Å². The second-order valence-corrected chi connectivity index (χ2v) is 15.5. The normalized spacial score (nSPS) is 16.0. The van der Waals surface area contributed by atoms with Gasteiger partial charge in [0.15, 0.2) is 23.0 Å². The Morgan fingerprint density at radius 1 is 0.395 bits per heavy atom. The fourth-order valence-electron chi connectivity index (χ4n) is 7.64. The van der Waals surface area contributed by atoms with E-state index in [0.29, 0.717) is 0 Å². The average Bonchev–Trinajstić information content (AvgIpc) is 3.05. The van der Waals surface area contributed by atoms with E-state index in [1.54, 1.807) is 0 Å². The zero-order valence-electron chi connectivity index (χ0n) is 22.6. The van der Waals surface area contributed by atoms with E-state index in [1.165, 1.54) is 15.9 Å². The molecule has 5 aliphatic heterocycles. The van der Waals surface area contributed by atoms with Gasteiger partial charge in [0, 0.05) is 21.6 Å². The first kappa shape index (κ1) is 22.6. The number of hydrogen-bond acceptors (Lipinski definition) is 6. The maximum absolute atomic E-state index is 7.18. The Morgan fingerprint density at radius 2 is 0.860 bits per heavy atom. The molecule has 5 heterocycles. The first-order valence-electron chi connectivity index (χ1n) is 14.3. The van der Waals surface area contributed by atoms with Crippen LogP contribution < -0.4 is 40.1 Å². The molecule has 5 aliphatic rings. The molecule has 0 saturated carbocycles. The Kier molecular flexibility index (Phi) is 3.92. The lowest BCUT2D eigenvalue weighted by atomic mass is 10.0. The van der Waals surface area contributed by atoms with Gasteiger partial charge in [-0.05, 0) is 72.8 Å². The molecule has 0 aromatic heterocycles. The number of ether oxygens (including phenoxy) is 2. The van der Waals surface area contributed by atoms with E-state index in [9.17, 15) is 0 Å². The topological polar surface area (TPSA) is 28.2 Å². The summed E-state index contributed by atoms with van der Waals surface area (Å²) in [5, 5.41) is 3.58. The van der Waals surface area contributed by atoms with Crippen LogP contribution in [0.1, 0.15) is 0 Å². The largest absolute Gasteiger partial charge is 0.453 e. The standard InChI is InChI=1S/C36H20N3O2PS/c43-42-34-24-13-8-14-25(34)39-23-12-5-7-16-29(23)41-31-20-18-27(36(42)33(31)39)37(21-9-2-1-3-10-21)26-17-19-30-32(35(26)42)38(24)22-11-4-6-15-28(22)40-30/h1-20H. The van der Waals surface area contributed by atoms with E-state index in [-0.39, 0.29) is 0 Å². The fourth-order valence-corrected chi connectivity index (χ4v) is 13.0. The second-order valence-electron chi connectivity index (χ2n) is 11.3. The van der Waals surface area contributed by atoms with Crippen LogP contribution in [-0.2, 0) is 11.8 Å². The molecule has 5 nitrogen and oxygen atoms in total. The lowest BCUT2D eigenvalue weighted by molar-refractivity contribution is 0.477. The molecule has 0 spiro atoms. The summed E-state index contributed by atoms with van der Waals surface area (Å²) in [6.07, 6.45) is 0. The number of anilines is 9. The molecule has 6 aromatic rings. The molecule has 0 aliphatic carbocycles. The summed E-state index contributed by atoms with van der Waals surface area (Å²) in [6.45, 7) is 0. The summed E-state index contributed by atoms with van der Waals surface area (Å²) in [6, 6.07) is 39.9. The number of hydrogen-bond donors (Lipinski definition) is 0. The molecule has 0 unspecified atom stereocenters. The summed E-state index contributed by atoms with van der Waals surface area (Å²) in [5.41, 5.74) is 9.72. The molecular weight excluding hydrogens is 569 g/mol. The average molecular weight is 590 g/mol. The molecule has 11 rings (SSSR count). The quantitative estimate of drug-likeness (QED) is 0.178. The van der Waals surface area contributed by atoms with Crippen LogP contribution in [-0.4, -0.2) is 0 Å². The van der Waals surface area contributed by atoms with Crippen molar-refractivity contribution in [2.75, 3.05) is 14.7 Å². The van der Waals surface area contributed by atoms with E-state index in [1.807, 2.05) is 24.3 Å². The first-order chi connectivity index (χ1) is 21.2. The van der Waals surface area contributed by atoms with Gasteiger partial charge in [-0.1, -0.05) is 60.3 Å². The molecule has 0 fully saturated rings. The van der Waals surface area contributed by atoms with E-state index >= 15 is 0 Å². The molecule has 0 bridgehead atoms. The van der Waals surface area contributed by atoms with Gasteiger partial charge in [0.25, 0.3) is 0 Å². The summed E-state index contributed by atoms with van der Waals surface area (Å²) in [7, 11) is 0. The Balaban J connectivity index is 1.37. The lowest BCUT2D eigenvalue weighted by Gasteiger charge is -2.53. The van der Waals surface area contributed by atoms with Crippen LogP contribution in [0.25, 0.3) is 0 Å². The van der Waals surface area contributed by atoms with Crippen LogP contribution in [0.4, 0.5) is 51.2 Å². The van der Waals surface area contributed by atoms with Crippen LogP contribution in [0.3, 0.4) is 0 Å². The third kappa shape index (κ3) is 2.48. The van der Waals surface area contributed by atoms with Gasteiger partial charge < -0.3 is 24.2 Å². The number of para-hydroxylation sites is 5. The van der Waals surface area contributed by atoms with Gasteiger partial charge in [0.1, 0.15) is 11.4 Å². The Hall–Kier alpha value is -5.03. The summed E-state index contributed by atoms with van der Waals surface area (Å²) >= 11 is 7.18. The third-order valence-corrected chi connectivity index (χ3v) is 14.1. The van der Waals surface area contributed by atoms with E-state index in [4.69, 9.17) is 21.3 Å². The Bertz CT molecular complexity index is 2190. The van der Waals surface area contributed by atoms with Crippen molar-refractivity contribution in [1.82, 2.24) is 0 Å². The van der Waals surface area contributed by atoms with Crippen molar-refractivity contribution >= 4 is 84.9 Å². The van der Waals surface area contributed by atoms with Crippen molar-refractivity contribution < 1.29 is 9.47 Å². The highest BCUT2D eigenvalue weighted by Gasteiger charge is 2.54. The van der Waals surface area contributed by atoms with Crippen molar-refractivity contribution in [3.8, 4) is 23.0 Å². The molecule has 7 heteroatoms. The van der Waals surface area contributed by atoms with Gasteiger partial charge in [-0.15, -0.1) is 0 Å². The maximum Gasteiger partial charge on any atom is 0.152 e. The molecule has 202 valence electrons. The van der Waals surface area contributed by atoms with Gasteiger partial charge in [-0.2, -0.15) is 0 Å². The molecule has 0 amide bonds. The number of fused-ring (bicyclic) bond motifs is 6. The molecule has 0 radical (unpaired) electrons. The maximum atomic E-state index is 7.18. The molecule has 0 saturated heterocycles. The molecule has 0 N–H and O–H groups in total. The fraction of sp³-hybridized carbons (Fsp3) is 0. The van der Waals surface area contributed by atoms with E-state index in [2.05, 4.69) is 112 Å². The van der Waals surface area contributed by atoms with Crippen molar-refractivity contribution in [3.63, 3.8) is 0 Å². The predicted molar refractivity (Wildman–Crippen MR) is 177 cm³/mol. The molecular formula is C36H20N3O2PS. The SMILES string of the molecule is S=P12c3c4cccc3N3c5ccccc5Oc5ccc(c1c53)N(c1ccccc1)c1ccc3c(c12)N4c1ccccc1O3. The third-order valence-electron chi connectivity index (χ3n) is 9.20. The van der Waals surface area contributed by atoms with Crippen molar-refractivity contribution in [1.29, 1.82) is 0 Å². The minimum Gasteiger partial charge on any atom is -0.453 e. The summed E-state index contributed by atoms with van der Waals surface area (Å²) in [5.74, 6) is 3.36. The van der Waals surface area contributed by atoms with Gasteiger partial charge in [0.05, 0.1) is 40.2 Å². The number of nitrogens with zero attached hydrogens (tertiary/aromatic N) is 3. The molecule has 0 atom stereocenters. The minimum absolute atomic E-state index is 0.836. The predicted octanol–water partition coefficient (Wildman–Crippen LogP) is 9.00. The van der Waals surface area contributed by atoms with Crippen LogP contribution in [0.15, 0.2) is 121 Å². The zero-order chi connectivity index (χ0) is 28.0. The van der Waals surface area contributed by atoms with Gasteiger partial charge in [-0.3, -0.25) is 0 Å². The van der Waals surface area contributed by atoms with Gasteiger partial charge in [0.2, 0.25) is 0 Å². The van der Waals surface area contributed by atoms with Crippen molar-refractivity contribution in [2.45, 2.75) is 0 Å². The summed E-state index contributed by atoms with van der Waals surface area (Å²) < 4.78 is 13.3. The smallest absolute Gasteiger partial charge is 0.152 e. The highest BCUT2D eigenvalue weighted by atomic mass is 32.4. The first-order valence-corrected chi connectivity index (χ1v) is 17.1. The van der Waals surface area contributed by atoms with Crippen LogP contribution in [0, 0.1) is 0 Å². The Morgan fingerprint density at radius 3 is 1.42 bits per heavy atom. The van der Waals surface area contributed by atoms with Crippen molar-refractivity contribution in [2.24, 2.45) is 0 Å². The Labute approximate surface area is 252 Å². The highest BCUT2D eigenvalue weighted by molar-refractivity contribution is 8.26. The molecule has 43 heavy (non-hydrogen) atoms. The molecule has 6 aromatic carbocycles. The summed E-state index contributed by atoms with van der Waals surface area (Å²) in [4.78, 5) is 7.17. The van der Waals surface area contributed by atoms with Crippen molar-refractivity contribution in [3.05, 3.63) is 121 Å². The monoisotopic (exact) mass is 589 g/mol. The minimum atomic E-state index is -2.60. The van der Waals surface area contributed by atoms with E-state index in [0.717, 1.165) is 74.2 Å². The highest BCUT2D eigenvalue weighted by Crippen LogP contribution is 2.71. The van der Waals surface area contributed by atoms with Gasteiger partial charge in [-0.25, -0.2) is 0 Å². The zero-order valence-corrected chi connectivity index (χ0v) is 24.3. The number of rotatable bonds is 1.